The Labute approximate surface area is 229 Å². The topological polar surface area (TPSA) is 187 Å². The van der Waals surface area contributed by atoms with Crippen molar-refractivity contribution in [3.05, 3.63) is 51.7 Å². The van der Waals surface area contributed by atoms with Gasteiger partial charge in [0.05, 0.1) is 38.3 Å². The number of aliphatic carboxylic acids is 2. The van der Waals surface area contributed by atoms with Gasteiger partial charge in [-0.1, -0.05) is 0 Å². The van der Waals surface area contributed by atoms with E-state index in [2.05, 4.69) is 4.98 Å². The van der Waals surface area contributed by atoms with Crippen LogP contribution in [-0.2, 0) is 26.2 Å². The summed E-state index contributed by atoms with van der Waals surface area (Å²) < 4.78 is 18.3. The lowest BCUT2D eigenvalue weighted by Crippen LogP contribution is -2.44. The Morgan fingerprint density at radius 1 is 1.15 bits per heavy atom. The molecule has 1 saturated carbocycles. The van der Waals surface area contributed by atoms with Crippen LogP contribution in [0.1, 0.15) is 61.6 Å². The number of aryl methyl sites for hydroxylation is 1. The van der Waals surface area contributed by atoms with Crippen LogP contribution < -0.4 is 15.2 Å². The van der Waals surface area contributed by atoms with E-state index in [0.29, 0.717) is 48.6 Å². The number of ether oxygens (including phenoxy) is 3. The van der Waals surface area contributed by atoms with Crippen molar-refractivity contribution < 1.29 is 43.9 Å². The van der Waals surface area contributed by atoms with Gasteiger partial charge in [-0.3, -0.25) is 14.6 Å². The summed E-state index contributed by atoms with van der Waals surface area (Å²) in [4.78, 5) is 55.9. The SMILES string of the molecule is CCOc1cc2c(cc1OC)C(c1cnc(=O)n(C)c1)=N[C@@H]1CC[C@@H](OC(=O)CC(O)(CC(=O)O)C(=O)O)C[C@H]21. The molecule has 13 heteroatoms. The van der Waals surface area contributed by atoms with E-state index in [1.165, 1.54) is 17.9 Å². The molecule has 1 aliphatic carbocycles. The molecule has 1 unspecified atom stereocenters. The first kappa shape index (κ1) is 28.7. The van der Waals surface area contributed by atoms with Gasteiger partial charge in [0.25, 0.3) is 0 Å². The van der Waals surface area contributed by atoms with E-state index >= 15 is 0 Å². The molecule has 1 aliphatic heterocycles. The van der Waals surface area contributed by atoms with Crippen molar-refractivity contribution in [2.75, 3.05) is 13.7 Å². The lowest BCUT2D eigenvalue weighted by Gasteiger charge is -2.39. The van der Waals surface area contributed by atoms with Crippen LogP contribution in [0.25, 0.3) is 0 Å². The second kappa shape index (κ2) is 11.5. The van der Waals surface area contributed by atoms with Gasteiger partial charge in [-0.2, -0.15) is 0 Å². The van der Waals surface area contributed by atoms with Crippen molar-refractivity contribution in [3.8, 4) is 11.5 Å². The molecule has 3 N–H and O–H groups in total. The number of hydrogen-bond acceptors (Lipinski definition) is 10. The Morgan fingerprint density at radius 3 is 2.52 bits per heavy atom. The maximum Gasteiger partial charge on any atom is 0.347 e. The van der Waals surface area contributed by atoms with Crippen LogP contribution in [0.2, 0.25) is 0 Å². The molecule has 0 saturated heterocycles. The number of rotatable bonds is 10. The van der Waals surface area contributed by atoms with Gasteiger partial charge >= 0.3 is 23.6 Å². The fourth-order valence-electron chi connectivity index (χ4n) is 5.26. The Balaban J connectivity index is 1.66. The van der Waals surface area contributed by atoms with Gasteiger partial charge in [-0.15, -0.1) is 0 Å². The van der Waals surface area contributed by atoms with Gasteiger partial charge in [0, 0.05) is 36.5 Å². The van der Waals surface area contributed by atoms with Crippen LogP contribution in [0, 0.1) is 0 Å². The predicted octanol–water partition coefficient (Wildman–Crippen LogP) is 1.27. The zero-order valence-electron chi connectivity index (χ0n) is 22.3. The quantitative estimate of drug-likeness (QED) is 0.357. The normalized spacial score (nSPS) is 21.2. The highest BCUT2D eigenvalue weighted by molar-refractivity contribution is 6.14. The second-order valence-electron chi connectivity index (χ2n) is 9.92. The van der Waals surface area contributed by atoms with Crippen molar-refractivity contribution in [1.82, 2.24) is 9.55 Å². The Bertz CT molecular complexity index is 1420. The number of methoxy groups -OCH3 is 1. The van der Waals surface area contributed by atoms with E-state index in [0.717, 1.165) is 11.1 Å². The summed E-state index contributed by atoms with van der Waals surface area (Å²) in [6.07, 6.45) is 1.69. The van der Waals surface area contributed by atoms with Crippen molar-refractivity contribution >= 4 is 23.6 Å². The number of carboxylic acids is 2. The van der Waals surface area contributed by atoms with Crippen LogP contribution in [0.3, 0.4) is 0 Å². The van der Waals surface area contributed by atoms with Crippen molar-refractivity contribution in [2.24, 2.45) is 12.0 Å². The first-order chi connectivity index (χ1) is 18.9. The van der Waals surface area contributed by atoms with E-state index in [1.807, 2.05) is 19.1 Å². The van der Waals surface area contributed by atoms with Gasteiger partial charge in [-0.25, -0.2) is 14.6 Å². The molecule has 2 aliphatic rings. The highest BCUT2D eigenvalue weighted by Gasteiger charge is 2.43. The maximum absolute atomic E-state index is 12.6. The molecule has 214 valence electrons. The molecule has 0 radical (unpaired) electrons. The molecule has 4 rings (SSSR count). The number of esters is 1. The van der Waals surface area contributed by atoms with Crippen LogP contribution >= 0.6 is 0 Å². The third-order valence-corrected chi connectivity index (χ3v) is 7.15. The molecule has 2 aromatic rings. The molecule has 1 aromatic heterocycles. The summed E-state index contributed by atoms with van der Waals surface area (Å²) in [6.45, 7) is 2.25. The van der Waals surface area contributed by atoms with Gasteiger partial charge in [0.15, 0.2) is 17.1 Å². The number of carbonyl (C=O) groups excluding carboxylic acids is 1. The molecule has 2 heterocycles. The molecular formula is C27H31N3O10. The summed E-state index contributed by atoms with van der Waals surface area (Å²) in [6, 6.07) is 3.50. The first-order valence-corrected chi connectivity index (χ1v) is 12.8. The first-order valence-electron chi connectivity index (χ1n) is 12.8. The Morgan fingerprint density at radius 2 is 1.90 bits per heavy atom. The molecular weight excluding hydrogens is 526 g/mol. The fourth-order valence-corrected chi connectivity index (χ4v) is 5.26. The van der Waals surface area contributed by atoms with Gasteiger partial charge < -0.3 is 34.1 Å². The summed E-state index contributed by atoms with van der Waals surface area (Å²) in [5.41, 5.74) is -0.270. The Hall–Kier alpha value is -4.26. The van der Waals surface area contributed by atoms with Crippen LogP contribution in [0.4, 0.5) is 0 Å². The average Bonchev–Trinajstić information content (AvgIpc) is 2.89. The summed E-state index contributed by atoms with van der Waals surface area (Å²) in [5, 5.41) is 28.5. The maximum atomic E-state index is 12.6. The summed E-state index contributed by atoms with van der Waals surface area (Å²) in [5.74, 6) is -3.55. The summed E-state index contributed by atoms with van der Waals surface area (Å²) >= 11 is 0. The molecule has 1 aromatic carbocycles. The van der Waals surface area contributed by atoms with Crippen LogP contribution in [-0.4, -0.2) is 80.0 Å². The highest BCUT2D eigenvalue weighted by Crippen LogP contribution is 2.45. The number of aliphatic hydroxyl groups is 1. The minimum absolute atomic E-state index is 0.194. The zero-order valence-corrected chi connectivity index (χ0v) is 22.3. The van der Waals surface area contributed by atoms with E-state index in [1.54, 1.807) is 13.2 Å². The molecule has 0 bridgehead atoms. The number of aliphatic imine (C=N–C) groups is 1. The third-order valence-electron chi connectivity index (χ3n) is 7.15. The predicted molar refractivity (Wildman–Crippen MR) is 139 cm³/mol. The number of carbonyl (C=O) groups is 3. The van der Waals surface area contributed by atoms with Gasteiger partial charge in [0.2, 0.25) is 0 Å². The number of hydrogen-bond donors (Lipinski definition) is 3. The fraction of sp³-hybridized carbons (Fsp3) is 0.481. The lowest BCUT2D eigenvalue weighted by molar-refractivity contribution is -0.174. The van der Waals surface area contributed by atoms with Gasteiger partial charge in [-0.05, 0) is 43.9 Å². The highest BCUT2D eigenvalue weighted by atomic mass is 16.5. The van der Waals surface area contributed by atoms with Crippen molar-refractivity contribution in [3.63, 3.8) is 0 Å². The van der Waals surface area contributed by atoms with Crippen molar-refractivity contribution in [2.45, 2.75) is 62.7 Å². The molecule has 1 fully saturated rings. The van der Waals surface area contributed by atoms with E-state index in [-0.39, 0.29) is 12.0 Å². The van der Waals surface area contributed by atoms with Crippen LogP contribution in [0.15, 0.2) is 34.3 Å². The summed E-state index contributed by atoms with van der Waals surface area (Å²) in [7, 11) is 3.13. The van der Waals surface area contributed by atoms with Gasteiger partial charge in [0.1, 0.15) is 6.10 Å². The van der Waals surface area contributed by atoms with E-state index in [4.69, 9.17) is 24.3 Å². The molecule has 0 spiro atoms. The number of fused-ring (bicyclic) bond motifs is 3. The Kier molecular flexibility index (Phi) is 8.24. The van der Waals surface area contributed by atoms with E-state index in [9.17, 15) is 29.4 Å². The number of carboxylic acid groups (broad SMARTS) is 2. The average molecular weight is 558 g/mol. The third kappa shape index (κ3) is 5.83. The molecule has 13 nitrogen and oxygen atoms in total. The number of benzene rings is 1. The largest absolute Gasteiger partial charge is 0.493 e. The minimum Gasteiger partial charge on any atom is -0.493 e. The molecule has 40 heavy (non-hydrogen) atoms. The molecule has 0 amide bonds. The smallest absolute Gasteiger partial charge is 0.347 e. The standard InChI is InChI=1S/C27H31N3O10/c1-4-39-21-8-16-17-7-15(40-23(33)11-27(37,25(34)35)10-22(31)32)5-6-19(17)29-24(18(16)9-20(21)38-3)14-12-28-26(36)30(2)13-14/h8-9,12-13,15,17,19,37H,4-7,10-11H2,1-3H3,(H,31,32)(H,34,35)/t15-,17-,19-,27?/m1/s1. The van der Waals surface area contributed by atoms with Crippen LogP contribution in [0.5, 0.6) is 11.5 Å². The minimum atomic E-state index is -2.77. The number of nitrogens with zero attached hydrogens (tertiary/aromatic N) is 3. The van der Waals surface area contributed by atoms with Crippen molar-refractivity contribution in [1.29, 1.82) is 0 Å². The van der Waals surface area contributed by atoms with E-state index < -0.39 is 48.1 Å². The number of aromatic nitrogens is 2. The lowest BCUT2D eigenvalue weighted by atomic mass is 9.74. The monoisotopic (exact) mass is 557 g/mol. The zero-order chi connectivity index (χ0) is 29.2. The molecule has 4 atom stereocenters. The second-order valence-corrected chi connectivity index (χ2v) is 9.92.